The first-order valence-corrected chi connectivity index (χ1v) is 9.37. The topological polar surface area (TPSA) is 43.6 Å². The summed E-state index contributed by atoms with van der Waals surface area (Å²) in [7, 11) is 0. The molecule has 130 valence electrons. The van der Waals surface area contributed by atoms with Gasteiger partial charge >= 0.3 is 0 Å². The number of nitrogens with zero attached hydrogens (tertiary/aromatic N) is 2. The van der Waals surface area contributed by atoms with Gasteiger partial charge in [0.05, 0.1) is 27.4 Å². The highest BCUT2D eigenvalue weighted by atomic mass is 35.5. The van der Waals surface area contributed by atoms with Gasteiger partial charge in [0.15, 0.2) is 4.80 Å². The van der Waals surface area contributed by atoms with Crippen molar-refractivity contribution in [1.29, 1.82) is 0 Å². The molecule has 0 unspecified atom stereocenters. The molecule has 1 heterocycles. The number of ether oxygens (including phenoxy) is 1. The van der Waals surface area contributed by atoms with Crippen LogP contribution in [0.3, 0.4) is 0 Å². The van der Waals surface area contributed by atoms with E-state index in [1.54, 1.807) is 24.3 Å². The number of hydrogen-bond donors (Lipinski definition) is 0. The second-order valence-corrected chi connectivity index (χ2v) is 7.09. The second kappa shape index (κ2) is 8.15. The molecule has 0 fully saturated rings. The molecule has 0 spiro atoms. The van der Waals surface area contributed by atoms with E-state index < -0.39 is 0 Å². The molecule has 3 rings (SSSR count). The van der Waals surface area contributed by atoms with Crippen molar-refractivity contribution in [2.24, 2.45) is 4.99 Å². The number of aromatic nitrogens is 1. The second-order valence-electron chi connectivity index (χ2n) is 5.24. The summed E-state index contributed by atoms with van der Waals surface area (Å²) in [5.74, 6) is -0.367. The number of benzene rings is 2. The molecular formula is C18H16Cl2N2O2S. The van der Waals surface area contributed by atoms with E-state index in [0.717, 1.165) is 10.2 Å². The number of halogens is 2. The number of carbonyl (C=O) groups excluding carboxylic acids is 1. The third-order valence-corrected chi connectivity index (χ3v) is 5.22. The SMILES string of the molecule is CCOCCn1c(=NC(=O)c2ccccc2Cl)sc2cc(Cl)ccc21. The van der Waals surface area contributed by atoms with Crippen LogP contribution in [0.5, 0.6) is 0 Å². The number of carbonyl (C=O) groups is 1. The summed E-state index contributed by atoms with van der Waals surface area (Å²) in [6, 6.07) is 12.5. The predicted molar refractivity (Wildman–Crippen MR) is 103 cm³/mol. The van der Waals surface area contributed by atoms with Gasteiger partial charge in [-0.05, 0) is 37.3 Å². The Morgan fingerprint density at radius 2 is 2.04 bits per heavy atom. The zero-order valence-electron chi connectivity index (χ0n) is 13.5. The van der Waals surface area contributed by atoms with Crippen LogP contribution in [0.2, 0.25) is 10.0 Å². The van der Waals surface area contributed by atoms with Crippen LogP contribution < -0.4 is 4.80 Å². The molecule has 25 heavy (non-hydrogen) atoms. The van der Waals surface area contributed by atoms with Gasteiger partial charge in [-0.25, -0.2) is 0 Å². The Morgan fingerprint density at radius 3 is 2.80 bits per heavy atom. The zero-order chi connectivity index (χ0) is 17.8. The molecule has 0 aliphatic carbocycles. The van der Waals surface area contributed by atoms with Gasteiger partial charge in [-0.1, -0.05) is 46.7 Å². The number of hydrogen-bond acceptors (Lipinski definition) is 3. The molecule has 4 nitrogen and oxygen atoms in total. The summed E-state index contributed by atoms with van der Waals surface area (Å²) < 4.78 is 8.39. The van der Waals surface area contributed by atoms with Crippen LogP contribution in [-0.4, -0.2) is 23.7 Å². The number of thiazole rings is 1. The third kappa shape index (κ3) is 4.12. The van der Waals surface area contributed by atoms with Crippen LogP contribution in [0.1, 0.15) is 17.3 Å². The minimum atomic E-state index is -0.367. The Morgan fingerprint density at radius 1 is 1.24 bits per heavy atom. The molecule has 0 saturated carbocycles. The molecule has 0 aliphatic rings. The fraction of sp³-hybridized carbons (Fsp3) is 0.222. The maximum Gasteiger partial charge on any atom is 0.281 e. The highest BCUT2D eigenvalue weighted by Crippen LogP contribution is 2.22. The van der Waals surface area contributed by atoms with Crippen LogP contribution in [0.15, 0.2) is 47.5 Å². The smallest absolute Gasteiger partial charge is 0.281 e. The molecule has 0 aliphatic heterocycles. The van der Waals surface area contributed by atoms with Gasteiger partial charge in [0.25, 0.3) is 5.91 Å². The largest absolute Gasteiger partial charge is 0.380 e. The van der Waals surface area contributed by atoms with E-state index in [4.69, 9.17) is 27.9 Å². The summed E-state index contributed by atoms with van der Waals surface area (Å²) in [6.45, 7) is 3.73. The third-order valence-electron chi connectivity index (χ3n) is 3.61. The van der Waals surface area contributed by atoms with Crippen molar-refractivity contribution in [3.8, 4) is 0 Å². The zero-order valence-corrected chi connectivity index (χ0v) is 15.9. The Kier molecular flexibility index (Phi) is 5.91. The van der Waals surface area contributed by atoms with E-state index in [9.17, 15) is 4.79 Å². The van der Waals surface area contributed by atoms with Crippen LogP contribution in [0, 0.1) is 0 Å². The lowest BCUT2D eigenvalue weighted by molar-refractivity contribution is 0.0997. The summed E-state index contributed by atoms with van der Waals surface area (Å²) in [6.07, 6.45) is 0. The molecular weight excluding hydrogens is 379 g/mol. The van der Waals surface area contributed by atoms with E-state index in [1.165, 1.54) is 11.3 Å². The summed E-state index contributed by atoms with van der Waals surface area (Å²) in [5, 5.41) is 1.04. The molecule has 3 aromatic rings. The van der Waals surface area contributed by atoms with E-state index in [2.05, 4.69) is 4.99 Å². The minimum Gasteiger partial charge on any atom is -0.380 e. The van der Waals surface area contributed by atoms with Crippen LogP contribution in [0.4, 0.5) is 0 Å². The monoisotopic (exact) mass is 394 g/mol. The van der Waals surface area contributed by atoms with Gasteiger partial charge in [0.2, 0.25) is 0 Å². The van der Waals surface area contributed by atoms with Crippen molar-refractivity contribution in [3.63, 3.8) is 0 Å². The van der Waals surface area contributed by atoms with Crippen molar-refractivity contribution in [1.82, 2.24) is 4.57 Å². The number of fused-ring (bicyclic) bond motifs is 1. The minimum absolute atomic E-state index is 0.367. The number of rotatable bonds is 5. The molecule has 1 amide bonds. The maximum absolute atomic E-state index is 12.5. The lowest BCUT2D eigenvalue weighted by Crippen LogP contribution is -2.19. The molecule has 0 bridgehead atoms. The lowest BCUT2D eigenvalue weighted by Gasteiger charge is -2.05. The van der Waals surface area contributed by atoms with E-state index in [1.807, 2.05) is 29.7 Å². The number of amides is 1. The first-order chi connectivity index (χ1) is 12.1. The quantitative estimate of drug-likeness (QED) is 0.583. The fourth-order valence-electron chi connectivity index (χ4n) is 2.43. The van der Waals surface area contributed by atoms with Crippen LogP contribution >= 0.6 is 34.5 Å². The van der Waals surface area contributed by atoms with Crippen molar-refractivity contribution in [3.05, 3.63) is 62.9 Å². The molecule has 7 heteroatoms. The van der Waals surface area contributed by atoms with Gasteiger partial charge in [-0.2, -0.15) is 4.99 Å². The summed E-state index contributed by atoms with van der Waals surface area (Å²) in [4.78, 5) is 17.4. The molecule has 1 aromatic heterocycles. The Balaban J connectivity index is 2.08. The average molecular weight is 395 g/mol. The van der Waals surface area contributed by atoms with Gasteiger partial charge in [-0.3, -0.25) is 4.79 Å². The molecule has 0 atom stereocenters. The van der Waals surface area contributed by atoms with Crippen molar-refractivity contribution >= 4 is 50.7 Å². The molecule has 0 saturated heterocycles. The van der Waals surface area contributed by atoms with E-state index in [0.29, 0.717) is 40.2 Å². The maximum atomic E-state index is 12.5. The first kappa shape index (κ1) is 18.1. The normalized spacial score (nSPS) is 12.0. The fourth-order valence-corrected chi connectivity index (χ4v) is 3.98. The van der Waals surface area contributed by atoms with Gasteiger partial charge in [0, 0.05) is 18.2 Å². The van der Waals surface area contributed by atoms with Gasteiger partial charge in [0.1, 0.15) is 0 Å². The Labute approximate surface area is 159 Å². The van der Waals surface area contributed by atoms with E-state index >= 15 is 0 Å². The van der Waals surface area contributed by atoms with Crippen LogP contribution in [-0.2, 0) is 11.3 Å². The highest BCUT2D eigenvalue weighted by molar-refractivity contribution is 7.16. The van der Waals surface area contributed by atoms with Crippen LogP contribution in [0.25, 0.3) is 10.2 Å². The average Bonchev–Trinajstić information content (AvgIpc) is 2.92. The Bertz CT molecular complexity index is 979. The highest BCUT2D eigenvalue weighted by Gasteiger charge is 2.11. The van der Waals surface area contributed by atoms with Gasteiger partial charge in [-0.15, -0.1) is 0 Å². The standard InChI is InChI=1S/C18H16Cl2N2O2S/c1-2-24-10-9-22-15-8-7-12(19)11-16(15)25-18(22)21-17(23)13-5-3-4-6-14(13)20/h3-8,11H,2,9-10H2,1H3. The van der Waals surface area contributed by atoms with Crippen molar-refractivity contribution in [2.45, 2.75) is 13.5 Å². The first-order valence-electron chi connectivity index (χ1n) is 7.80. The van der Waals surface area contributed by atoms with Gasteiger partial charge < -0.3 is 9.30 Å². The summed E-state index contributed by atoms with van der Waals surface area (Å²) >= 11 is 13.6. The van der Waals surface area contributed by atoms with Crippen molar-refractivity contribution in [2.75, 3.05) is 13.2 Å². The molecule has 2 aromatic carbocycles. The molecule has 0 N–H and O–H groups in total. The predicted octanol–water partition coefficient (Wildman–Crippen LogP) is 4.79. The lowest BCUT2D eigenvalue weighted by atomic mass is 10.2. The van der Waals surface area contributed by atoms with E-state index in [-0.39, 0.29) is 5.91 Å². The summed E-state index contributed by atoms with van der Waals surface area (Å²) in [5.41, 5.74) is 1.36. The van der Waals surface area contributed by atoms with Crippen molar-refractivity contribution < 1.29 is 9.53 Å². The Hall–Kier alpha value is -1.66. The molecule has 0 radical (unpaired) electrons.